The Labute approximate surface area is 109 Å². The van der Waals surface area contributed by atoms with E-state index in [0.717, 1.165) is 36.6 Å². The van der Waals surface area contributed by atoms with Gasteiger partial charge in [0.15, 0.2) is 0 Å². The van der Waals surface area contributed by atoms with Gasteiger partial charge in [-0.1, -0.05) is 11.6 Å². The lowest BCUT2D eigenvalue weighted by atomic mass is 10.1. The van der Waals surface area contributed by atoms with Gasteiger partial charge in [0.1, 0.15) is 0 Å². The number of aromatic nitrogens is 2. The van der Waals surface area contributed by atoms with Crippen molar-refractivity contribution in [2.24, 2.45) is 0 Å². The Morgan fingerprint density at radius 1 is 1.53 bits per heavy atom. The molecule has 4 nitrogen and oxygen atoms in total. The highest BCUT2D eigenvalue weighted by Crippen LogP contribution is 2.17. The van der Waals surface area contributed by atoms with Gasteiger partial charge in [-0.2, -0.15) is 5.10 Å². The Bertz CT molecular complexity index is 335. The van der Waals surface area contributed by atoms with Crippen LogP contribution >= 0.6 is 11.6 Å². The zero-order valence-electron chi connectivity index (χ0n) is 11.2. The SMILES string of the molecule is CNC(C)CCc1c(Cl)cnn1CCN(C)C. The first-order valence-electron chi connectivity index (χ1n) is 6.06. The van der Waals surface area contributed by atoms with Gasteiger partial charge in [0, 0.05) is 12.6 Å². The van der Waals surface area contributed by atoms with Crippen LogP contribution in [-0.4, -0.2) is 48.4 Å². The lowest BCUT2D eigenvalue weighted by Gasteiger charge is -2.14. The highest BCUT2D eigenvalue weighted by atomic mass is 35.5. The molecule has 5 heteroatoms. The molecule has 0 aromatic carbocycles. The fourth-order valence-corrected chi connectivity index (χ4v) is 1.86. The summed E-state index contributed by atoms with van der Waals surface area (Å²) < 4.78 is 2.02. The van der Waals surface area contributed by atoms with Crippen molar-refractivity contribution < 1.29 is 0 Å². The van der Waals surface area contributed by atoms with Crippen LogP contribution in [0, 0.1) is 0 Å². The molecule has 0 spiro atoms. The first kappa shape index (κ1) is 14.5. The number of likely N-dealkylation sites (N-methyl/N-ethyl adjacent to an activating group) is 1. The lowest BCUT2D eigenvalue weighted by molar-refractivity contribution is 0.368. The maximum absolute atomic E-state index is 6.17. The molecule has 98 valence electrons. The molecule has 1 aromatic rings. The molecule has 1 aromatic heterocycles. The van der Waals surface area contributed by atoms with Crippen LogP contribution in [0.2, 0.25) is 5.02 Å². The van der Waals surface area contributed by atoms with E-state index in [9.17, 15) is 0 Å². The molecular formula is C12H23ClN4. The summed E-state index contributed by atoms with van der Waals surface area (Å²) in [6, 6.07) is 0.503. The van der Waals surface area contributed by atoms with Crippen LogP contribution in [-0.2, 0) is 13.0 Å². The Kier molecular flexibility index (Phi) is 5.95. The average Bonchev–Trinajstić information content (AvgIpc) is 2.64. The number of halogens is 1. The summed E-state index contributed by atoms with van der Waals surface area (Å²) in [4.78, 5) is 2.15. The highest BCUT2D eigenvalue weighted by molar-refractivity contribution is 6.31. The Balaban J connectivity index is 2.59. The topological polar surface area (TPSA) is 33.1 Å². The molecular weight excluding hydrogens is 236 g/mol. The number of hydrogen-bond donors (Lipinski definition) is 1. The number of hydrogen-bond acceptors (Lipinski definition) is 3. The molecule has 0 fully saturated rings. The summed E-state index contributed by atoms with van der Waals surface area (Å²) in [6.07, 6.45) is 3.79. The second kappa shape index (κ2) is 6.99. The van der Waals surface area contributed by atoms with Gasteiger partial charge in [-0.25, -0.2) is 0 Å². The Morgan fingerprint density at radius 3 is 2.82 bits per heavy atom. The van der Waals surface area contributed by atoms with Crippen LogP contribution in [0.3, 0.4) is 0 Å². The van der Waals surface area contributed by atoms with E-state index < -0.39 is 0 Å². The zero-order valence-corrected chi connectivity index (χ0v) is 12.0. The summed E-state index contributed by atoms with van der Waals surface area (Å²) in [5, 5.41) is 8.35. The van der Waals surface area contributed by atoms with Crippen LogP contribution in [0.4, 0.5) is 0 Å². The average molecular weight is 259 g/mol. The molecule has 1 rings (SSSR count). The van der Waals surface area contributed by atoms with Crippen molar-refractivity contribution in [2.45, 2.75) is 32.4 Å². The molecule has 0 aliphatic carbocycles. The van der Waals surface area contributed by atoms with Crippen LogP contribution in [0.1, 0.15) is 19.0 Å². The zero-order chi connectivity index (χ0) is 12.8. The Hall–Kier alpha value is -0.580. The van der Waals surface area contributed by atoms with E-state index in [1.807, 2.05) is 11.7 Å². The van der Waals surface area contributed by atoms with E-state index in [1.54, 1.807) is 6.20 Å². The predicted molar refractivity (Wildman–Crippen MR) is 72.6 cm³/mol. The molecule has 1 N–H and O–H groups in total. The summed E-state index contributed by atoms with van der Waals surface area (Å²) in [7, 11) is 6.11. The van der Waals surface area contributed by atoms with E-state index in [4.69, 9.17) is 11.6 Å². The minimum Gasteiger partial charge on any atom is -0.317 e. The summed E-state index contributed by atoms with van der Waals surface area (Å²) in [5.41, 5.74) is 1.15. The molecule has 0 bridgehead atoms. The van der Waals surface area contributed by atoms with Crippen LogP contribution in [0.15, 0.2) is 6.20 Å². The summed E-state index contributed by atoms with van der Waals surface area (Å²) in [6.45, 7) is 4.05. The van der Waals surface area contributed by atoms with Crippen molar-refractivity contribution in [3.8, 4) is 0 Å². The van der Waals surface area contributed by atoms with E-state index in [0.29, 0.717) is 6.04 Å². The monoisotopic (exact) mass is 258 g/mol. The first-order chi connectivity index (χ1) is 8.04. The fourth-order valence-electron chi connectivity index (χ4n) is 1.62. The minimum atomic E-state index is 0.503. The van der Waals surface area contributed by atoms with Crippen LogP contribution < -0.4 is 5.32 Å². The third-order valence-corrected chi connectivity index (χ3v) is 3.28. The number of rotatable bonds is 7. The smallest absolute Gasteiger partial charge is 0.0817 e. The fraction of sp³-hybridized carbons (Fsp3) is 0.750. The largest absolute Gasteiger partial charge is 0.317 e. The van der Waals surface area contributed by atoms with Gasteiger partial charge < -0.3 is 10.2 Å². The van der Waals surface area contributed by atoms with Gasteiger partial charge in [-0.05, 0) is 40.9 Å². The normalized spacial score (nSPS) is 13.3. The van der Waals surface area contributed by atoms with E-state index in [2.05, 4.69) is 36.3 Å². The second-order valence-corrected chi connectivity index (χ2v) is 5.10. The van der Waals surface area contributed by atoms with E-state index in [-0.39, 0.29) is 0 Å². The molecule has 1 unspecified atom stereocenters. The van der Waals surface area contributed by atoms with Gasteiger partial charge in [0.05, 0.1) is 23.5 Å². The molecule has 0 saturated heterocycles. The van der Waals surface area contributed by atoms with Crippen molar-refractivity contribution in [1.29, 1.82) is 0 Å². The molecule has 1 heterocycles. The van der Waals surface area contributed by atoms with Gasteiger partial charge >= 0.3 is 0 Å². The third-order valence-electron chi connectivity index (χ3n) is 2.96. The standard InChI is InChI=1S/C12H23ClN4/c1-10(14-2)5-6-12-11(13)9-15-17(12)8-7-16(3)4/h9-10,14H,5-8H2,1-4H3. The van der Waals surface area contributed by atoms with Crippen LogP contribution in [0.5, 0.6) is 0 Å². The quantitative estimate of drug-likeness (QED) is 0.807. The van der Waals surface area contributed by atoms with E-state index in [1.165, 1.54) is 0 Å². The summed E-state index contributed by atoms with van der Waals surface area (Å²) in [5.74, 6) is 0. The number of nitrogens with one attached hydrogen (secondary N) is 1. The lowest BCUT2D eigenvalue weighted by Crippen LogP contribution is -2.23. The van der Waals surface area contributed by atoms with Gasteiger partial charge in [-0.15, -0.1) is 0 Å². The van der Waals surface area contributed by atoms with Crippen molar-refractivity contribution in [1.82, 2.24) is 20.0 Å². The molecule has 0 aliphatic rings. The first-order valence-corrected chi connectivity index (χ1v) is 6.44. The van der Waals surface area contributed by atoms with Crippen molar-refractivity contribution in [2.75, 3.05) is 27.7 Å². The highest BCUT2D eigenvalue weighted by Gasteiger charge is 2.10. The van der Waals surface area contributed by atoms with E-state index >= 15 is 0 Å². The maximum Gasteiger partial charge on any atom is 0.0817 e. The van der Waals surface area contributed by atoms with Crippen LogP contribution in [0.25, 0.3) is 0 Å². The van der Waals surface area contributed by atoms with Crippen molar-refractivity contribution >= 4 is 11.6 Å². The van der Waals surface area contributed by atoms with Crippen molar-refractivity contribution in [3.63, 3.8) is 0 Å². The predicted octanol–water partition coefficient (Wildman–Crippen LogP) is 1.64. The van der Waals surface area contributed by atoms with Crippen molar-refractivity contribution in [3.05, 3.63) is 16.9 Å². The Morgan fingerprint density at radius 2 is 2.24 bits per heavy atom. The van der Waals surface area contributed by atoms with Gasteiger partial charge in [0.25, 0.3) is 0 Å². The third kappa shape index (κ3) is 4.66. The molecule has 0 amide bonds. The molecule has 1 atom stereocenters. The van der Waals surface area contributed by atoms with Gasteiger partial charge in [-0.3, -0.25) is 4.68 Å². The second-order valence-electron chi connectivity index (χ2n) is 4.69. The molecule has 17 heavy (non-hydrogen) atoms. The maximum atomic E-state index is 6.17. The molecule has 0 radical (unpaired) electrons. The number of nitrogens with zero attached hydrogens (tertiary/aromatic N) is 3. The minimum absolute atomic E-state index is 0.503. The molecule has 0 aliphatic heterocycles. The molecule has 0 saturated carbocycles. The summed E-state index contributed by atoms with van der Waals surface area (Å²) >= 11 is 6.17. The van der Waals surface area contributed by atoms with Gasteiger partial charge in [0.2, 0.25) is 0 Å².